The predicted octanol–water partition coefficient (Wildman–Crippen LogP) is 5.10. The zero-order valence-electron chi connectivity index (χ0n) is 15.8. The van der Waals surface area contributed by atoms with E-state index < -0.39 is 12.1 Å². The second-order valence-corrected chi connectivity index (χ2v) is 6.72. The third-order valence-electron chi connectivity index (χ3n) is 4.11. The molecule has 148 valence electrons. The Bertz CT molecular complexity index is 974. The summed E-state index contributed by atoms with van der Waals surface area (Å²) in [7, 11) is 0. The van der Waals surface area contributed by atoms with Crippen molar-refractivity contribution in [2.45, 2.75) is 19.6 Å². The molecule has 1 N–H and O–H groups in total. The van der Waals surface area contributed by atoms with Gasteiger partial charge in [0, 0.05) is 5.56 Å². The van der Waals surface area contributed by atoms with E-state index in [9.17, 15) is 9.59 Å². The van der Waals surface area contributed by atoms with Gasteiger partial charge in [0.25, 0.3) is 5.91 Å². The molecule has 0 aromatic heterocycles. The molecule has 0 heterocycles. The first kappa shape index (κ1) is 20.4. The van der Waals surface area contributed by atoms with Crippen molar-refractivity contribution in [1.82, 2.24) is 0 Å². The van der Waals surface area contributed by atoms with Crippen LogP contribution in [0, 0.1) is 0 Å². The Hall–Kier alpha value is -3.31. The normalized spacial score (nSPS) is 11.4. The van der Waals surface area contributed by atoms with Crippen LogP contribution in [0.3, 0.4) is 0 Å². The van der Waals surface area contributed by atoms with E-state index in [0.29, 0.717) is 22.0 Å². The van der Waals surface area contributed by atoms with E-state index in [-0.39, 0.29) is 12.5 Å². The van der Waals surface area contributed by atoms with Gasteiger partial charge < -0.3 is 14.8 Å². The van der Waals surface area contributed by atoms with Crippen LogP contribution >= 0.6 is 11.6 Å². The summed E-state index contributed by atoms with van der Waals surface area (Å²) < 4.78 is 10.9. The van der Waals surface area contributed by atoms with Crippen molar-refractivity contribution < 1.29 is 19.1 Å². The maximum Gasteiger partial charge on any atom is 0.347 e. The lowest BCUT2D eigenvalue weighted by atomic mass is 10.2. The molecule has 1 amide bonds. The fourth-order valence-electron chi connectivity index (χ4n) is 2.54. The average molecular weight is 410 g/mol. The SMILES string of the molecule is C[C@H](Oc1ccc(C(=O)Nc2ccccc2Cl)cc1)C(=O)OCc1ccccc1. The minimum absolute atomic E-state index is 0.189. The van der Waals surface area contributed by atoms with Crippen LogP contribution in [0.2, 0.25) is 5.02 Å². The van der Waals surface area contributed by atoms with Gasteiger partial charge in [0.1, 0.15) is 12.4 Å². The van der Waals surface area contributed by atoms with E-state index in [4.69, 9.17) is 21.1 Å². The molecule has 0 radical (unpaired) electrons. The Labute approximate surface area is 174 Å². The number of benzene rings is 3. The Morgan fingerprint density at radius 1 is 0.931 bits per heavy atom. The second-order valence-electron chi connectivity index (χ2n) is 6.31. The predicted molar refractivity (Wildman–Crippen MR) is 112 cm³/mol. The van der Waals surface area contributed by atoms with Crippen LogP contribution in [0.5, 0.6) is 5.75 Å². The van der Waals surface area contributed by atoms with Crippen molar-refractivity contribution in [3.05, 3.63) is 95.0 Å². The molecule has 1 atom stereocenters. The molecular weight excluding hydrogens is 390 g/mol. The second kappa shape index (κ2) is 9.75. The summed E-state index contributed by atoms with van der Waals surface area (Å²) in [6.07, 6.45) is -0.776. The third-order valence-corrected chi connectivity index (χ3v) is 4.44. The Morgan fingerprint density at radius 3 is 2.28 bits per heavy atom. The van der Waals surface area contributed by atoms with Crippen molar-refractivity contribution in [3.63, 3.8) is 0 Å². The number of hydrogen-bond acceptors (Lipinski definition) is 4. The molecule has 5 nitrogen and oxygen atoms in total. The van der Waals surface area contributed by atoms with Gasteiger partial charge in [-0.05, 0) is 48.9 Å². The lowest BCUT2D eigenvalue weighted by Crippen LogP contribution is -2.26. The molecule has 29 heavy (non-hydrogen) atoms. The number of esters is 1. The molecule has 0 saturated carbocycles. The number of ether oxygens (including phenoxy) is 2. The van der Waals surface area contributed by atoms with Crippen LogP contribution in [0.4, 0.5) is 5.69 Å². The van der Waals surface area contributed by atoms with Crippen molar-refractivity contribution in [2.24, 2.45) is 0 Å². The maximum atomic E-state index is 12.3. The van der Waals surface area contributed by atoms with Crippen molar-refractivity contribution in [1.29, 1.82) is 0 Å². The monoisotopic (exact) mass is 409 g/mol. The van der Waals surface area contributed by atoms with Crippen molar-refractivity contribution in [2.75, 3.05) is 5.32 Å². The Kier molecular flexibility index (Phi) is 6.87. The fourth-order valence-corrected chi connectivity index (χ4v) is 2.72. The zero-order chi connectivity index (χ0) is 20.6. The number of amides is 1. The minimum Gasteiger partial charge on any atom is -0.479 e. The van der Waals surface area contributed by atoms with Crippen molar-refractivity contribution in [3.8, 4) is 5.75 Å². The quantitative estimate of drug-likeness (QED) is 0.551. The Balaban J connectivity index is 1.53. The highest BCUT2D eigenvalue weighted by Crippen LogP contribution is 2.22. The molecule has 0 aliphatic carbocycles. The topological polar surface area (TPSA) is 64.6 Å². The number of rotatable bonds is 7. The molecule has 0 saturated heterocycles. The highest BCUT2D eigenvalue weighted by molar-refractivity contribution is 6.33. The molecule has 0 aliphatic heterocycles. The van der Waals surface area contributed by atoms with E-state index in [2.05, 4.69) is 5.32 Å². The highest BCUT2D eigenvalue weighted by atomic mass is 35.5. The van der Waals surface area contributed by atoms with E-state index >= 15 is 0 Å². The number of anilines is 1. The number of carbonyl (C=O) groups excluding carboxylic acids is 2. The van der Waals surface area contributed by atoms with Crippen molar-refractivity contribution >= 4 is 29.2 Å². The lowest BCUT2D eigenvalue weighted by molar-refractivity contribution is -0.152. The molecule has 0 bridgehead atoms. The van der Waals surface area contributed by atoms with Gasteiger partial charge >= 0.3 is 5.97 Å². The first-order valence-electron chi connectivity index (χ1n) is 9.06. The molecule has 0 spiro atoms. The molecule has 3 aromatic rings. The van der Waals surface area contributed by atoms with Gasteiger partial charge in [-0.3, -0.25) is 4.79 Å². The van der Waals surface area contributed by atoms with Crippen LogP contribution in [-0.4, -0.2) is 18.0 Å². The Morgan fingerprint density at radius 2 is 1.59 bits per heavy atom. The van der Waals surface area contributed by atoms with Crippen LogP contribution in [0.25, 0.3) is 0 Å². The number of hydrogen-bond donors (Lipinski definition) is 1. The van der Waals surface area contributed by atoms with Gasteiger partial charge in [-0.15, -0.1) is 0 Å². The molecular formula is C23H20ClNO4. The molecule has 0 unspecified atom stereocenters. The summed E-state index contributed by atoms with van der Waals surface area (Å²) in [6, 6.07) is 22.9. The number of nitrogens with one attached hydrogen (secondary N) is 1. The van der Waals surface area contributed by atoms with Gasteiger partial charge in [-0.2, -0.15) is 0 Å². The lowest BCUT2D eigenvalue weighted by Gasteiger charge is -2.14. The summed E-state index contributed by atoms with van der Waals surface area (Å²) in [4.78, 5) is 24.5. The number of para-hydroxylation sites is 1. The minimum atomic E-state index is -0.776. The van der Waals surface area contributed by atoms with Gasteiger partial charge in [-0.1, -0.05) is 54.1 Å². The van der Waals surface area contributed by atoms with E-state index in [1.165, 1.54) is 0 Å². The molecule has 3 rings (SSSR count). The van der Waals surface area contributed by atoms with Gasteiger partial charge in [-0.25, -0.2) is 4.79 Å². The largest absolute Gasteiger partial charge is 0.479 e. The smallest absolute Gasteiger partial charge is 0.347 e. The van der Waals surface area contributed by atoms with Gasteiger partial charge in [0.15, 0.2) is 6.10 Å². The third kappa shape index (κ3) is 5.83. The zero-order valence-corrected chi connectivity index (χ0v) is 16.6. The molecule has 3 aromatic carbocycles. The summed E-state index contributed by atoms with van der Waals surface area (Å²) in [5, 5.41) is 3.21. The summed E-state index contributed by atoms with van der Waals surface area (Å²) in [5.74, 6) is -0.294. The van der Waals surface area contributed by atoms with E-state index in [1.54, 1.807) is 55.5 Å². The van der Waals surface area contributed by atoms with Gasteiger partial charge in [0.2, 0.25) is 0 Å². The van der Waals surface area contributed by atoms with E-state index in [1.807, 2.05) is 30.3 Å². The summed E-state index contributed by atoms with van der Waals surface area (Å²) in [5.41, 5.74) is 1.88. The van der Waals surface area contributed by atoms with Crippen LogP contribution in [0.1, 0.15) is 22.8 Å². The molecule has 6 heteroatoms. The first-order valence-corrected chi connectivity index (χ1v) is 9.44. The van der Waals surface area contributed by atoms with E-state index in [0.717, 1.165) is 5.56 Å². The fraction of sp³-hybridized carbons (Fsp3) is 0.130. The molecule has 0 aliphatic rings. The molecule has 0 fully saturated rings. The van der Waals surface area contributed by atoms with Crippen LogP contribution in [-0.2, 0) is 16.1 Å². The highest BCUT2D eigenvalue weighted by Gasteiger charge is 2.17. The van der Waals surface area contributed by atoms with Gasteiger partial charge in [0.05, 0.1) is 10.7 Å². The average Bonchev–Trinajstić information content (AvgIpc) is 2.74. The van der Waals surface area contributed by atoms with Crippen LogP contribution < -0.4 is 10.1 Å². The maximum absolute atomic E-state index is 12.3. The number of halogens is 1. The number of carbonyl (C=O) groups is 2. The summed E-state index contributed by atoms with van der Waals surface area (Å²) >= 11 is 6.05. The standard InChI is InChI=1S/C23H20ClNO4/c1-16(23(27)28-15-17-7-3-2-4-8-17)29-19-13-11-18(12-14-19)22(26)25-21-10-6-5-9-20(21)24/h2-14,16H,15H2,1H3,(H,25,26)/t16-/m0/s1. The first-order chi connectivity index (χ1) is 14.0. The summed E-state index contributed by atoms with van der Waals surface area (Å²) in [6.45, 7) is 1.81. The van der Waals surface area contributed by atoms with Crippen LogP contribution in [0.15, 0.2) is 78.9 Å².